The van der Waals surface area contributed by atoms with E-state index >= 15 is 0 Å². The van der Waals surface area contributed by atoms with Gasteiger partial charge in [0.15, 0.2) is 0 Å². The minimum absolute atomic E-state index is 0.196. The average molecular weight is 593 g/mol. The van der Waals surface area contributed by atoms with Gasteiger partial charge in [-0.1, -0.05) is 71.2 Å². The molecule has 0 bridgehead atoms. The molecule has 0 atom stereocenters. The minimum atomic E-state index is -0.568. The number of nitrogens with zero attached hydrogens (tertiary/aromatic N) is 1. The van der Waals surface area contributed by atoms with Gasteiger partial charge in [0.05, 0.1) is 29.4 Å². The number of rotatable bonds is 7. The Morgan fingerprint density at radius 1 is 0.900 bits per heavy atom. The number of halogens is 3. The molecule has 0 aliphatic carbocycles. The number of hydrogen-bond acceptors (Lipinski definition) is 5. The van der Waals surface area contributed by atoms with Crippen LogP contribution in [0.4, 0.5) is 0 Å². The molecule has 7 nitrogen and oxygen atoms in total. The third-order valence-electron chi connectivity index (χ3n) is 5.99. The number of methoxy groups -OCH3 is 1. The zero-order chi connectivity index (χ0) is 28.2. The predicted molar refractivity (Wildman–Crippen MR) is 158 cm³/mol. The number of amides is 1. The molecule has 0 fully saturated rings. The first-order chi connectivity index (χ1) is 19.4. The Morgan fingerprint density at radius 3 is 2.48 bits per heavy atom. The van der Waals surface area contributed by atoms with Gasteiger partial charge in [-0.05, 0) is 48.5 Å². The molecule has 0 spiro atoms. The van der Waals surface area contributed by atoms with Crippen molar-refractivity contribution < 1.29 is 19.1 Å². The summed E-state index contributed by atoms with van der Waals surface area (Å²) in [7, 11) is 1.52. The highest BCUT2D eigenvalue weighted by atomic mass is 35.5. The summed E-state index contributed by atoms with van der Waals surface area (Å²) in [5.74, 6) is -0.317. The minimum Gasteiger partial charge on any atom is -0.497 e. The van der Waals surface area contributed by atoms with Crippen molar-refractivity contribution in [3.63, 3.8) is 0 Å². The molecule has 0 saturated heterocycles. The van der Waals surface area contributed by atoms with E-state index in [1.54, 1.807) is 78.9 Å². The molecule has 1 amide bonds. The summed E-state index contributed by atoms with van der Waals surface area (Å²) in [6.07, 6.45) is 1.38. The Balaban J connectivity index is 1.42. The molecular weight excluding hydrogens is 573 g/mol. The molecule has 0 radical (unpaired) electrons. The van der Waals surface area contributed by atoms with Gasteiger partial charge in [-0.15, -0.1) is 0 Å². The first-order valence-electron chi connectivity index (χ1n) is 11.9. The number of hydrogen-bond donors (Lipinski definition) is 2. The van der Waals surface area contributed by atoms with Gasteiger partial charge < -0.3 is 14.5 Å². The van der Waals surface area contributed by atoms with E-state index in [-0.39, 0.29) is 11.4 Å². The van der Waals surface area contributed by atoms with E-state index in [0.29, 0.717) is 54.0 Å². The van der Waals surface area contributed by atoms with Crippen molar-refractivity contribution in [3.05, 3.63) is 117 Å². The number of benzene rings is 4. The van der Waals surface area contributed by atoms with E-state index < -0.39 is 11.9 Å². The molecule has 1 aromatic heterocycles. The fraction of sp³-hybridized carbons (Fsp3) is 0.0333. The van der Waals surface area contributed by atoms with Gasteiger partial charge in [-0.3, -0.25) is 4.79 Å². The number of carbonyl (C=O) groups excluding carboxylic acids is 2. The molecule has 0 aliphatic rings. The molecule has 0 unspecified atom stereocenters. The van der Waals surface area contributed by atoms with Crippen molar-refractivity contribution in [2.24, 2.45) is 5.10 Å². The van der Waals surface area contributed by atoms with E-state index in [2.05, 4.69) is 15.5 Å². The van der Waals surface area contributed by atoms with Crippen LogP contribution in [0.5, 0.6) is 11.5 Å². The second-order valence-electron chi connectivity index (χ2n) is 8.52. The lowest BCUT2D eigenvalue weighted by molar-refractivity contribution is 0.0733. The molecule has 0 aliphatic heterocycles. The van der Waals surface area contributed by atoms with Crippen LogP contribution in [0.15, 0.2) is 90.0 Å². The van der Waals surface area contributed by atoms with Crippen LogP contribution in [0.1, 0.15) is 26.4 Å². The van der Waals surface area contributed by atoms with E-state index in [4.69, 9.17) is 44.3 Å². The predicted octanol–water partition coefficient (Wildman–Crippen LogP) is 7.79. The topological polar surface area (TPSA) is 92.8 Å². The highest BCUT2D eigenvalue weighted by molar-refractivity contribution is 6.39. The van der Waals surface area contributed by atoms with E-state index in [1.807, 2.05) is 6.07 Å². The summed E-state index contributed by atoms with van der Waals surface area (Å²) in [6, 6.07) is 23.9. The van der Waals surface area contributed by atoms with Gasteiger partial charge in [0.1, 0.15) is 17.2 Å². The summed E-state index contributed by atoms with van der Waals surface area (Å²) in [4.78, 5) is 29.1. The number of aromatic nitrogens is 1. The largest absolute Gasteiger partial charge is 0.497 e. The second-order valence-corrected chi connectivity index (χ2v) is 9.77. The maximum absolute atomic E-state index is 13.3. The summed E-state index contributed by atoms with van der Waals surface area (Å²) in [5, 5.41) is 5.95. The summed E-state index contributed by atoms with van der Waals surface area (Å²) in [6.45, 7) is 0. The SMILES string of the molecule is COc1cccc(C(=O)Oc2ccccc2C=NNC(=O)c2[nH]c3c(Cl)cc(Cl)cc3c2-c2ccccc2Cl)c1. The van der Waals surface area contributed by atoms with Crippen molar-refractivity contribution in [2.45, 2.75) is 0 Å². The summed E-state index contributed by atoms with van der Waals surface area (Å²) >= 11 is 19.2. The highest BCUT2D eigenvalue weighted by Gasteiger charge is 2.22. The molecule has 200 valence electrons. The van der Waals surface area contributed by atoms with Crippen LogP contribution in [0.25, 0.3) is 22.0 Å². The first kappa shape index (κ1) is 27.3. The number of esters is 1. The summed E-state index contributed by atoms with van der Waals surface area (Å²) in [5.41, 5.74) is 5.20. The monoisotopic (exact) mass is 591 g/mol. The van der Waals surface area contributed by atoms with Gasteiger partial charge in [0.2, 0.25) is 0 Å². The molecule has 10 heteroatoms. The van der Waals surface area contributed by atoms with E-state index in [9.17, 15) is 9.59 Å². The Kier molecular flexibility index (Phi) is 8.07. The lowest BCUT2D eigenvalue weighted by Gasteiger charge is -2.08. The zero-order valence-corrected chi connectivity index (χ0v) is 23.1. The molecule has 40 heavy (non-hydrogen) atoms. The van der Waals surface area contributed by atoms with Gasteiger partial charge in [0.25, 0.3) is 5.91 Å². The number of nitrogens with one attached hydrogen (secondary N) is 2. The molecule has 2 N–H and O–H groups in total. The quantitative estimate of drug-likeness (QED) is 0.0873. The Labute approximate surface area is 244 Å². The van der Waals surface area contributed by atoms with Crippen molar-refractivity contribution in [1.82, 2.24) is 10.4 Å². The van der Waals surface area contributed by atoms with Crippen LogP contribution in [0.3, 0.4) is 0 Å². The van der Waals surface area contributed by atoms with Crippen LogP contribution < -0.4 is 14.9 Å². The van der Waals surface area contributed by atoms with Crippen molar-refractivity contribution in [3.8, 4) is 22.6 Å². The number of carbonyl (C=O) groups is 2. The second kappa shape index (κ2) is 11.8. The van der Waals surface area contributed by atoms with Crippen molar-refractivity contribution in [1.29, 1.82) is 0 Å². The van der Waals surface area contributed by atoms with Gasteiger partial charge in [0, 0.05) is 32.1 Å². The molecule has 5 rings (SSSR count). The Morgan fingerprint density at radius 2 is 1.68 bits per heavy atom. The van der Waals surface area contributed by atoms with E-state index in [1.165, 1.54) is 13.3 Å². The van der Waals surface area contributed by atoms with Crippen molar-refractivity contribution >= 4 is 63.8 Å². The highest BCUT2D eigenvalue weighted by Crippen LogP contribution is 2.40. The number of aromatic amines is 1. The maximum atomic E-state index is 13.3. The van der Waals surface area contributed by atoms with Crippen LogP contribution >= 0.6 is 34.8 Å². The number of ether oxygens (including phenoxy) is 2. The number of hydrazone groups is 1. The molecule has 0 saturated carbocycles. The van der Waals surface area contributed by atoms with Gasteiger partial charge >= 0.3 is 5.97 Å². The molecule has 1 heterocycles. The Bertz CT molecular complexity index is 1780. The molecule has 4 aromatic carbocycles. The third kappa shape index (κ3) is 5.67. The van der Waals surface area contributed by atoms with Crippen molar-refractivity contribution in [2.75, 3.05) is 7.11 Å². The molecular formula is C30H20Cl3N3O4. The normalized spacial score (nSPS) is 11.1. The lowest BCUT2D eigenvalue weighted by atomic mass is 10.0. The third-order valence-corrected chi connectivity index (χ3v) is 6.84. The Hall–Kier alpha value is -4.30. The maximum Gasteiger partial charge on any atom is 0.343 e. The van der Waals surface area contributed by atoms with Gasteiger partial charge in [-0.25, -0.2) is 10.2 Å². The van der Waals surface area contributed by atoms with Crippen LogP contribution in [-0.2, 0) is 0 Å². The number of para-hydroxylation sites is 1. The van der Waals surface area contributed by atoms with Crippen LogP contribution in [-0.4, -0.2) is 30.2 Å². The number of H-pyrrole nitrogens is 1. The fourth-order valence-corrected chi connectivity index (χ4v) is 4.91. The fourth-order valence-electron chi connectivity index (χ4n) is 4.14. The standard InChI is InChI=1S/C30H20Cl3N3O4/c1-39-20-9-6-8-17(13-20)30(38)40-25-12-5-2-7-18(25)16-34-36-29(37)28-26(21-10-3-4-11-23(21)32)22-14-19(31)15-24(33)27(22)35-28/h2-16,35H,1H3,(H,36,37). The zero-order valence-electron chi connectivity index (χ0n) is 20.9. The number of fused-ring (bicyclic) bond motifs is 1. The van der Waals surface area contributed by atoms with Gasteiger partial charge in [-0.2, -0.15) is 5.10 Å². The smallest absolute Gasteiger partial charge is 0.343 e. The lowest BCUT2D eigenvalue weighted by Crippen LogP contribution is -2.19. The average Bonchev–Trinajstić information content (AvgIpc) is 3.34. The molecule has 5 aromatic rings. The summed E-state index contributed by atoms with van der Waals surface area (Å²) < 4.78 is 10.8. The first-order valence-corrected chi connectivity index (χ1v) is 13.0. The van der Waals surface area contributed by atoms with Crippen LogP contribution in [0, 0.1) is 0 Å². The van der Waals surface area contributed by atoms with Crippen LogP contribution in [0.2, 0.25) is 15.1 Å². The van der Waals surface area contributed by atoms with E-state index in [0.717, 1.165) is 0 Å².